The molecule has 1 aliphatic heterocycles. The van der Waals surface area contributed by atoms with Crippen molar-refractivity contribution >= 4 is 15.9 Å². The van der Waals surface area contributed by atoms with Gasteiger partial charge >= 0.3 is 0 Å². The van der Waals surface area contributed by atoms with Gasteiger partial charge in [0.25, 0.3) is 0 Å². The highest BCUT2D eigenvalue weighted by atomic mass is 79.9. The minimum absolute atomic E-state index is 0.862. The van der Waals surface area contributed by atoms with Crippen LogP contribution >= 0.6 is 15.9 Å². The molecule has 2 heteroatoms. The number of rotatable bonds is 4. The lowest BCUT2D eigenvalue weighted by Crippen LogP contribution is -2.28. The Kier molecular flexibility index (Phi) is 3.31. The zero-order chi connectivity index (χ0) is 9.26. The first-order valence-electron chi connectivity index (χ1n) is 5.61. The van der Waals surface area contributed by atoms with E-state index in [4.69, 9.17) is 0 Å². The minimum atomic E-state index is 0.862. The maximum Gasteiger partial charge on any atom is 0.00674 e. The van der Waals surface area contributed by atoms with Crippen LogP contribution in [-0.4, -0.2) is 29.4 Å². The minimum Gasteiger partial charge on any atom is -0.301 e. The van der Waals surface area contributed by atoms with Crippen molar-refractivity contribution in [3.8, 4) is 0 Å². The van der Waals surface area contributed by atoms with Crippen molar-refractivity contribution < 1.29 is 0 Å². The van der Waals surface area contributed by atoms with Gasteiger partial charge in [-0.1, -0.05) is 15.9 Å². The van der Waals surface area contributed by atoms with Crippen LogP contribution in [0.2, 0.25) is 0 Å². The van der Waals surface area contributed by atoms with Crippen LogP contribution in [0.5, 0.6) is 0 Å². The van der Waals surface area contributed by atoms with Gasteiger partial charge in [-0.3, -0.25) is 0 Å². The van der Waals surface area contributed by atoms with Crippen molar-refractivity contribution in [3.63, 3.8) is 0 Å². The second kappa shape index (κ2) is 4.31. The zero-order valence-corrected chi connectivity index (χ0v) is 10.1. The molecule has 1 heterocycles. The first-order chi connectivity index (χ1) is 6.31. The van der Waals surface area contributed by atoms with Gasteiger partial charge in [0.2, 0.25) is 0 Å². The number of nitrogens with zero attached hydrogens (tertiary/aromatic N) is 1. The first kappa shape index (κ1) is 9.97. The average molecular weight is 246 g/mol. The molecule has 0 aromatic heterocycles. The third-order valence-corrected chi connectivity index (χ3v) is 4.58. The van der Waals surface area contributed by atoms with Crippen molar-refractivity contribution in [3.05, 3.63) is 0 Å². The fourth-order valence-electron chi connectivity index (χ4n) is 2.51. The van der Waals surface area contributed by atoms with Crippen LogP contribution in [0, 0.1) is 11.8 Å². The van der Waals surface area contributed by atoms with Gasteiger partial charge in [0.15, 0.2) is 0 Å². The van der Waals surface area contributed by atoms with Gasteiger partial charge in [0.05, 0.1) is 0 Å². The highest BCUT2D eigenvalue weighted by molar-refractivity contribution is 9.09. The van der Waals surface area contributed by atoms with Crippen molar-refractivity contribution in [2.75, 3.05) is 18.4 Å². The predicted molar refractivity (Wildman–Crippen MR) is 60.3 cm³/mol. The normalized spacial score (nSPS) is 39.7. The van der Waals surface area contributed by atoms with Crippen molar-refractivity contribution in [1.82, 2.24) is 4.90 Å². The van der Waals surface area contributed by atoms with E-state index in [0.717, 1.165) is 17.9 Å². The summed E-state index contributed by atoms with van der Waals surface area (Å²) in [6.45, 7) is 5.09. The smallest absolute Gasteiger partial charge is 0.00674 e. The van der Waals surface area contributed by atoms with E-state index in [0.29, 0.717) is 0 Å². The zero-order valence-electron chi connectivity index (χ0n) is 8.51. The summed E-state index contributed by atoms with van der Waals surface area (Å²) < 4.78 is 0. The predicted octanol–water partition coefficient (Wildman–Crippen LogP) is 2.89. The van der Waals surface area contributed by atoms with Crippen molar-refractivity contribution in [2.45, 2.75) is 38.6 Å². The third kappa shape index (κ3) is 2.47. The molecule has 0 unspecified atom stereocenters. The monoisotopic (exact) mass is 245 g/mol. The van der Waals surface area contributed by atoms with Crippen LogP contribution in [-0.2, 0) is 0 Å². The fourth-order valence-corrected chi connectivity index (χ4v) is 3.30. The van der Waals surface area contributed by atoms with E-state index in [2.05, 4.69) is 27.8 Å². The Morgan fingerprint density at radius 3 is 2.77 bits per heavy atom. The van der Waals surface area contributed by atoms with Gasteiger partial charge in [-0.2, -0.15) is 0 Å². The number of hydrogen-bond donors (Lipinski definition) is 0. The molecule has 2 aliphatic rings. The molecule has 1 aliphatic carbocycles. The molecule has 0 bridgehead atoms. The Balaban J connectivity index is 1.63. The van der Waals surface area contributed by atoms with Gasteiger partial charge in [0, 0.05) is 11.4 Å². The molecule has 2 rings (SSSR count). The van der Waals surface area contributed by atoms with E-state index in [-0.39, 0.29) is 0 Å². The highest BCUT2D eigenvalue weighted by Gasteiger charge is 2.36. The standard InChI is InChI=1S/C11H20BrN/c1-9-3-2-5-13(9)6-4-10-7-11(10)8-12/h9-11H,2-8H2,1H3/t9-,10-,11+/m1/s1. The molecule has 0 radical (unpaired) electrons. The number of likely N-dealkylation sites (tertiary alicyclic amines) is 1. The molecule has 0 aromatic carbocycles. The van der Waals surface area contributed by atoms with E-state index in [9.17, 15) is 0 Å². The molecule has 2 fully saturated rings. The molecule has 1 nitrogen and oxygen atoms in total. The average Bonchev–Trinajstić information content (AvgIpc) is 2.79. The molecule has 0 aromatic rings. The Hall–Kier alpha value is 0.440. The molecule has 0 N–H and O–H groups in total. The summed E-state index contributed by atoms with van der Waals surface area (Å²) >= 11 is 3.57. The quantitative estimate of drug-likeness (QED) is 0.689. The van der Waals surface area contributed by atoms with Gasteiger partial charge in [-0.15, -0.1) is 0 Å². The Morgan fingerprint density at radius 1 is 1.38 bits per heavy atom. The molecule has 3 atom stereocenters. The number of alkyl halides is 1. The summed E-state index contributed by atoms with van der Waals surface area (Å²) in [5.74, 6) is 2.06. The van der Waals surface area contributed by atoms with E-state index in [1.807, 2.05) is 0 Å². The molecule has 1 saturated carbocycles. The molecule has 13 heavy (non-hydrogen) atoms. The van der Waals surface area contributed by atoms with Crippen molar-refractivity contribution in [2.24, 2.45) is 11.8 Å². The van der Waals surface area contributed by atoms with Crippen LogP contribution in [0.25, 0.3) is 0 Å². The van der Waals surface area contributed by atoms with Crippen LogP contribution in [0.1, 0.15) is 32.6 Å². The summed E-state index contributed by atoms with van der Waals surface area (Å²) in [7, 11) is 0. The van der Waals surface area contributed by atoms with Crippen LogP contribution in [0.3, 0.4) is 0 Å². The molecular formula is C11H20BrN. The van der Waals surface area contributed by atoms with E-state index < -0.39 is 0 Å². The second-order valence-electron chi connectivity index (χ2n) is 4.73. The van der Waals surface area contributed by atoms with E-state index in [1.165, 1.54) is 44.1 Å². The molecular weight excluding hydrogens is 226 g/mol. The lowest BCUT2D eigenvalue weighted by Gasteiger charge is -2.20. The summed E-state index contributed by atoms with van der Waals surface area (Å²) in [6, 6.07) is 0.862. The Bertz CT molecular complexity index is 171. The molecule has 0 spiro atoms. The second-order valence-corrected chi connectivity index (χ2v) is 5.37. The topological polar surface area (TPSA) is 3.24 Å². The van der Waals surface area contributed by atoms with Gasteiger partial charge < -0.3 is 4.90 Å². The SMILES string of the molecule is C[C@@H]1CCCN1CC[C@@H]1C[C@H]1CBr. The number of hydrogen-bond acceptors (Lipinski definition) is 1. The Labute approximate surface area is 90.0 Å². The van der Waals surface area contributed by atoms with Crippen molar-refractivity contribution in [1.29, 1.82) is 0 Å². The molecule has 1 saturated heterocycles. The summed E-state index contributed by atoms with van der Waals surface area (Å²) in [5.41, 5.74) is 0. The lowest BCUT2D eigenvalue weighted by atomic mass is 10.2. The summed E-state index contributed by atoms with van der Waals surface area (Å²) in [5, 5.41) is 1.23. The highest BCUT2D eigenvalue weighted by Crippen LogP contribution is 2.42. The fraction of sp³-hybridized carbons (Fsp3) is 1.00. The van der Waals surface area contributed by atoms with Gasteiger partial charge in [-0.25, -0.2) is 0 Å². The summed E-state index contributed by atoms with van der Waals surface area (Å²) in [4.78, 5) is 2.67. The molecule has 0 amide bonds. The maximum absolute atomic E-state index is 3.57. The number of halogens is 1. The first-order valence-corrected chi connectivity index (χ1v) is 6.73. The maximum atomic E-state index is 3.57. The van der Waals surface area contributed by atoms with Crippen LogP contribution in [0.4, 0.5) is 0 Å². The Morgan fingerprint density at radius 2 is 2.23 bits per heavy atom. The van der Waals surface area contributed by atoms with Gasteiger partial charge in [0.1, 0.15) is 0 Å². The third-order valence-electron chi connectivity index (χ3n) is 3.74. The van der Waals surface area contributed by atoms with Crippen LogP contribution in [0.15, 0.2) is 0 Å². The molecule has 76 valence electrons. The largest absolute Gasteiger partial charge is 0.301 e. The van der Waals surface area contributed by atoms with Gasteiger partial charge in [-0.05, 0) is 57.5 Å². The van der Waals surface area contributed by atoms with E-state index >= 15 is 0 Å². The lowest BCUT2D eigenvalue weighted by molar-refractivity contribution is 0.259. The summed E-state index contributed by atoms with van der Waals surface area (Å²) in [6.07, 6.45) is 5.77. The van der Waals surface area contributed by atoms with Crippen LogP contribution < -0.4 is 0 Å². The van der Waals surface area contributed by atoms with E-state index in [1.54, 1.807) is 0 Å².